The van der Waals surface area contributed by atoms with Crippen LogP contribution in [0.3, 0.4) is 0 Å². The summed E-state index contributed by atoms with van der Waals surface area (Å²) >= 11 is 6.18. The molecule has 2 aromatic carbocycles. The highest BCUT2D eigenvalue weighted by Crippen LogP contribution is 2.30. The maximum atomic E-state index is 12.7. The third-order valence-corrected chi connectivity index (χ3v) is 5.80. The van der Waals surface area contributed by atoms with Gasteiger partial charge < -0.3 is 9.15 Å². The molecule has 5 nitrogen and oxygen atoms in total. The second kappa shape index (κ2) is 8.01. The van der Waals surface area contributed by atoms with Gasteiger partial charge in [0, 0.05) is 48.4 Å². The molecule has 6 heteroatoms. The highest BCUT2D eigenvalue weighted by molar-refractivity contribution is 6.13. The average Bonchev–Trinajstić information content (AvgIpc) is 3.01. The number of hydrogen-bond donors (Lipinski definition) is 0. The highest BCUT2D eigenvalue weighted by Gasteiger charge is 2.19. The van der Waals surface area contributed by atoms with E-state index in [9.17, 15) is 4.79 Å². The third-order valence-electron chi connectivity index (χ3n) is 5.46. The Bertz CT molecular complexity index is 1250. The van der Waals surface area contributed by atoms with Crippen LogP contribution in [-0.2, 0) is 19.4 Å². The summed E-state index contributed by atoms with van der Waals surface area (Å²) in [7, 11) is 0. The van der Waals surface area contributed by atoms with Gasteiger partial charge in [-0.05, 0) is 48.0 Å². The van der Waals surface area contributed by atoms with Crippen LogP contribution in [-0.4, -0.2) is 22.1 Å². The Morgan fingerprint density at radius 3 is 2.67 bits per heavy atom. The van der Waals surface area contributed by atoms with Crippen molar-refractivity contribution in [3.8, 4) is 11.4 Å². The van der Waals surface area contributed by atoms with Gasteiger partial charge in [0.2, 0.25) is 0 Å². The third kappa shape index (κ3) is 3.74. The van der Waals surface area contributed by atoms with Crippen LogP contribution in [0.4, 0.5) is 0 Å². The summed E-state index contributed by atoms with van der Waals surface area (Å²) in [5.41, 5.74) is 3.76. The van der Waals surface area contributed by atoms with Crippen LogP contribution in [0.25, 0.3) is 16.7 Å². The first kappa shape index (κ1) is 19.0. The normalized spacial score (nSPS) is 14.4. The Morgan fingerprint density at radius 1 is 1.00 bits per heavy atom. The van der Waals surface area contributed by atoms with Crippen molar-refractivity contribution in [2.75, 3.05) is 13.1 Å². The number of ether oxygens (including phenoxy) is 1. The molecule has 0 bridgehead atoms. The minimum Gasteiger partial charge on any atom is -0.489 e. The molecule has 2 aromatic heterocycles. The molecule has 0 atom stereocenters. The molecule has 0 saturated carbocycles. The van der Waals surface area contributed by atoms with Crippen LogP contribution >= 0.6 is 11.8 Å². The van der Waals surface area contributed by atoms with Crippen molar-refractivity contribution in [3.63, 3.8) is 0 Å². The molecule has 30 heavy (non-hydrogen) atoms. The molecule has 0 spiro atoms. The van der Waals surface area contributed by atoms with Crippen molar-refractivity contribution in [2.45, 2.75) is 19.4 Å². The zero-order valence-electron chi connectivity index (χ0n) is 16.4. The van der Waals surface area contributed by atoms with Crippen LogP contribution in [0.5, 0.6) is 5.75 Å². The molecule has 1 aliphatic heterocycles. The zero-order valence-corrected chi connectivity index (χ0v) is 17.1. The maximum Gasteiger partial charge on any atom is 0.258 e. The molecule has 0 fully saturated rings. The number of halogens is 1. The number of furan rings is 1. The molecular formula is C24H21ClN2O3. The van der Waals surface area contributed by atoms with Crippen molar-refractivity contribution >= 4 is 22.7 Å². The SMILES string of the molecule is O=c1cc(OCc2ccccc2)ccn1-c1ccc2oc3c(c2c1)CCN(Cl)CC3. The molecule has 0 N–H and O–H groups in total. The van der Waals surface area contributed by atoms with Gasteiger partial charge in [0.05, 0.1) is 0 Å². The van der Waals surface area contributed by atoms with Gasteiger partial charge >= 0.3 is 0 Å². The van der Waals surface area contributed by atoms with E-state index in [1.807, 2.05) is 54.6 Å². The number of aromatic nitrogens is 1. The van der Waals surface area contributed by atoms with Gasteiger partial charge in [-0.3, -0.25) is 9.36 Å². The summed E-state index contributed by atoms with van der Waals surface area (Å²) in [6.07, 6.45) is 3.37. The number of benzene rings is 2. The highest BCUT2D eigenvalue weighted by atomic mass is 35.5. The van der Waals surface area contributed by atoms with E-state index in [1.54, 1.807) is 15.2 Å². The number of fused-ring (bicyclic) bond motifs is 3. The zero-order chi connectivity index (χ0) is 20.5. The van der Waals surface area contributed by atoms with Gasteiger partial charge in [0.1, 0.15) is 23.7 Å². The van der Waals surface area contributed by atoms with E-state index in [4.69, 9.17) is 20.9 Å². The molecule has 0 aliphatic carbocycles. The molecule has 0 unspecified atom stereocenters. The Kier molecular flexibility index (Phi) is 5.07. The first-order chi connectivity index (χ1) is 14.7. The maximum absolute atomic E-state index is 12.7. The summed E-state index contributed by atoms with van der Waals surface area (Å²) in [4.78, 5) is 12.7. The van der Waals surface area contributed by atoms with E-state index in [0.717, 1.165) is 53.9 Å². The number of hydrogen-bond acceptors (Lipinski definition) is 4. The monoisotopic (exact) mass is 420 g/mol. The largest absolute Gasteiger partial charge is 0.489 e. The van der Waals surface area contributed by atoms with Crippen molar-refractivity contribution in [3.05, 3.63) is 94.1 Å². The second-order valence-electron chi connectivity index (χ2n) is 7.44. The van der Waals surface area contributed by atoms with Crippen LogP contribution < -0.4 is 10.3 Å². The fraction of sp³-hybridized carbons (Fsp3) is 0.208. The first-order valence-corrected chi connectivity index (χ1v) is 10.4. The van der Waals surface area contributed by atoms with Crippen molar-refractivity contribution in [2.24, 2.45) is 0 Å². The van der Waals surface area contributed by atoms with Crippen molar-refractivity contribution in [1.82, 2.24) is 8.99 Å². The van der Waals surface area contributed by atoms with Crippen LogP contribution in [0.1, 0.15) is 16.9 Å². The molecule has 0 radical (unpaired) electrons. The second-order valence-corrected chi connectivity index (χ2v) is 7.92. The minimum absolute atomic E-state index is 0.138. The topological polar surface area (TPSA) is 47.6 Å². The van der Waals surface area contributed by atoms with E-state index < -0.39 is 0 Å². The van der Waals surface area contributed by atoms with Crippen LogP contribution in [0, 0.1) is 0 Å². The van der Waals surface area contributed by atoms with Gasteiger partial charge in [-0.25, -0.2) is 4.42 Å². The minimum atomic E-state index is -0.138. The Hall–Kier alpha value is -3.02. The standard InChI is InChI=1S/C24H21ClN2O3/c25-26-11-9-20-21-14-18(6-7-22(21)30-23(20)10-12-26)27-13-8-19(15-24(27)28)29-16-17-4-2-1-3-5-17/h1-8,13-15H,9-12,16H2. The Balaban J connectivity index is 1.43. The van der Waals surface area contributed by atoms with Gasteiger partial charge in [-0.15, -0.1) is 0 Å². The summed E-state index contributed by atoms with van der Waals surface area (Å²) in [6.45, 7) is 1.97. The van der Waals surface area contributed by atoms with Crippen LogP contribution in [0.15, 0.2) is 76.1 Å². The van der Waals surface area contributed by atoms with Gasteiger partial charge in [-0.2, -0.15) is 0 Å². The molecule has 152 valence electrons. The fourth-order valence-corrected chi connectivity index (χ4v) is 4.05. The van der Waals surface area contributed by atoms with E-state index in [2.05, 4.69) is 0 Å². The lowest BCUT2D eigenvalue weighted by Crippen LogP contribution is -2.16. The lowest BCUT2D eigenvalue weighted by Gasteiger charge is -2.10. The van der Waals surface area contributed by atoms with E-state index in [-0.39, 0.29) is 5.56 Å². The van der Waals surface area contributed by atoms with E-state index in [1.165, 1.54) is 11.6 Å². The Morgan fingerprint density at radius 2 is 1.83 bits per heavy atom. The lowest BCUT2D eigenvalue weighted by molar-refractivity contribution is 0.305. The molecule has 3 heterocycles. The molecule has 5 rings (SSSR count). The molecule has 0 amide bonds. The molecule has 1 aliphatic rings. The summed E-state index contributed by atoms with van der Waals surface area (Å²) in [5.74, 6) is 1.54. The fourth-order valence-electron chi connectivity index (χ4n) is 3.89. The summed E-state index contributed by atoms with van der Waals surface area (Å²) < 4.78 is 15.2. The quantitative estimate of drug-likeness (QED) is 0.448. The summed E-state index contributed by atoms with van der Waals surface area (Å²) in [5, 5.41) is 1.05. The number of pyridine rings is 1. The lowest BCUT2D eigenvalue weighted by atomic mass is 10.1. The predicted molar refractivity (Wildman–Crippen MR) is 117 cm³/mol. The molecule has 4 aromatic rings. The number of nitrogens with zero attached hydrogens (tertiary/aromatic N) is 2. The van der Waals surface area contributed by atoms with Crippen LogP contribution in [0.2, 0.25) is 0 Å². The smallest absolute Gasteiger partial charge is 0.258 e. The van der Waals surface area contributed by atoms with Crippen molar-refractivity contribution < 1.29 is 9.15 Å². The Labute approximate surface area is 179 Å². The number of rotatable bonds is 4. The van der Waals surface area contributed by atoms with E-state index in [0.29, 0.717) is 12.4 Å². The van der Waals surface area contributed by atoms with Crippen molar-refractivity contribution in [1.29, 1.82) is 0 Å². The molecule has 0 saturated heterocycles. The van der Waals surface area contributed by atoms with Gasteiger partial charge in [-0.1, -0.05) is 30.3 Å². The van der Waals surface area contributed by atoms with Gasteiger partial charge in [0.25, 0.3) is 5.56 Å². The molecular weight excluding hydrogens is 400 g/mol. The van der Waals surface area contributed by atoms with Gasteiger partial charge in [0.15, 0.2) is 0 Å². The van der Waals surface area contributed by atoms with E-state index >= 15 is 0 Å². The summed E-state index contributed by atoms with van der Waals surface area (Å²) in [6, 6.07) is 19.1. The average molecular weight is 421 g/mol. The predicted octanol–water partition coefficient (Wildman–Crippen LogP) is 4.72. The first-order valence-electron chi connectivity index (χ1n) is 10.0.